The summed E-state index contributed by atoms with van der Waals surface area (Å²) >= 11 is 0. The fraction of sp³-hybridized carbons (Fsp3) is 0.364. The maximum Gasteiger partial charge on any atom is 0.260 e. The smallest absolute Gasteiger partial charge is 0.260 e. The molecule has 0 N–H and O–H groups in total. The molecule has 0 atom stereocenters. The molecule has 2 amide bonds. The van der Waals surface area contributed by atoms with Crippen LogP contribution in [0.1, 0.15) is 27.0 Å². The summed E-state index contributed by atoms with van der Waals surface area (Å²) in [6, 6.07) is 13.4. The van der Waals surface area contributed by atoms with Gasteiger partial charge in [0.1, 0.15) is 5.75 Å². The van der Waals surface area contributed by atoms with Crippen molar-refractivity contribution in [1.82, 2.24) is 9.80 Å². The lowest BCUT2D eigenvalue weighted by Gasteiger charge is -2.34. The fourth-order valence-electron chi connectivity index (χ4n) is 3.16. The first-order valence-electron chi connectivity index (χ1n) is 9.28. The van der Waals surface area contributed by atoms with Crippen molar-refractivity contribution >= 4 is 11.8 Å². The maximum absolute atomic E-state index is 12.6. The van der Waals surface area contributed by atoms with E-state index in [-0.39, 0.29) is 18.4 Å². The molecule has 0 bridgehead atoms. The lowest BCUT2D eigenvalue weighted by molar-refractivity contribution is -0.134. The average Bonchev–Trinajstić information content (AvgIpc) is 2.68. The predicted octanol–water partition coefficient (Wildman–Crippen LogP) is 2.98. The molecule has 0 saturated carbocycles. The van der Waals surface area contributed by atoms with Gasteiger partial charge < -0.3 is 14.5 Å². The first-order chi connectivity index (χ1) is 12.9. The van der Waals surface area contributed by atoms with E-state index in [4.69, 9.17) is 4.74 Å². The molecular weight excluding hydrogens is 340 g/mol. The highest BCUT2D eigenvalue weighted by molar-refractivity contribution is 5.94. The van der Waals surface area contributed by atoms with Gasteiger partial charge in [-0.1, -0.05) is 23.8 Å². The molecular formula is C22H26N2O3. The second kappa shape index (κ2) is 8.25. The summed E-state index contributed by atoms with van der Waals surface area (Å²) < 4.78 is 5.64. The molecule has 0 aliphatic carbocycles. The number of rotatable bonds is 4. The van der Waals surface area contributed by atoms with Gasteiger partial charge in [-0.25, -0.2) is 0 Å². The zero-order chi connectivity index (χ0) is 19.4. The Kier molecular flexibility index (Phi) is 5.79. The fourth-order valence-corrected chi connectivity index (χ4v) is 3.16. The van der Waals surface area contributed by atoms with Crippen molar-refractivity contribution in [2.75, 3.05) is 32.8 Å². The summed E-state index contributed by atoms with van der Waals surface area (Å²) in [5, 5.41) is 0. The number of amides is 2. The number of nitrogens with zero attached hydrogens (tertiary/aromatic N) is 2. The van der Waals surface area contributed by atoms with E-state index < -0.39 is 0 Å². The number of aryl methyl sites for hydroxylation is 3. The highest BCUT2D eigenvalue weighted by atomic mass is 16.5. The Hall–Kier alpha value is -2.82. The van der Waals surface area contributed by atoms with Crippen molar-refractivity contribution in [2.45, 2.75) is 20.8 Å². The molecule has 1 saturated heterocycles. The normalized spacial score (nSPS) is 14.2. The molecule has 27 heavy (non-hydrogen) atoms. The Morgan fingerprint density at radius 3 is 2.26 bits per heavy atom. The van der Waals surface area contributed by atoms with Gasteiger partial charge in [0.25, 0.3) is 11.8 Å². The molecule has 5 nitrogen and oxygen atoms in total. The highest BCUT2D eigenvalue weighted by Gasteiger charge is 2.25. The van der Waals surface area contributed by atoms with Gasteiger partial charge in [-0.15, -0.1) is 0 Å². The number of hydrogen-bond acceptors (Lipinski definition) is 3. The van der Waals surface area contributed by atoms with Crippen LogP contribution in [0, 0.1) is 20.8 Å². The van der Waals surface area contributed by atoms with E-state index in [0.29, 0.717) is 37.5 Å². The molecule has 1 fully saturated rings. The Morgan fingerprint density at radius 1 is 0.889 bits per heavy atom. The van der Waals surface area contributed by atoms with Crippen molar-refractivity contribution < 1.29 is 14.3 Å². The van der Waals surface area contributed by atoms with E-state index in [1.807, 2.05) is 68.1 Å². The lowest BCUT2D eigenvalue weighted by atomic mass is 10.1. The first kappa shape index (κ1) is 19.0. The molecule has 0 radical (unpaired) electrons. The Balaban J connectivity index is 1.50. The Morgan fingerprint density at radius 2 is 1.59 bits per heavy atom. The van der Waals surface area contributed by atoms with Gasteiger partial charge in [-0.2, -0.15) is 0 Å². The lowest BCUT2D eigenvalue weighted by Crippen LogP contribution is -2.51. The minimum atomic E-state index is -0.0455. The minimum Gasteiger partial charge on any atom is -0.484 e. The third-order valence-corrected chi connectivity index (χ3v) is 5.03. The maximum atomic E-state index is 12.6. The van der Waals surface area contributed by atoms with Crippen LogP contribution in [0.25, 0.3) is 0 Å². The van der Waals surface area contributed by atoms with Crippen LogP contribution in [0.15, 0.2) is 42.5 Å². The molecule has 1 aliphatic heterocycles. The molecule has 0 aromatic heterocycles. The van der Waals surface area contributed by atoms with E-state index in [1.165, 1.54) is 5.56 Å². The van der Waals surface area contributed by atoms with Crippen molar-refractivity contribution in [1.29, 1.82) is 0 Å². The van der Waals surface area contributed by atoms with Gasteiger partial charge >= 0.3 is 0 Å². The summed E-state index contributed by atoms with van der Waals surface area (Å²) in [7, 11) is 0. The number of piperazine rings is 1. The average molecular weight is 366 g/mol. The van der Waals surface area contributed by atoms with Crippen LogP contribution in [0.2, 0.25) is 0 Å². The molecule has 2 aromatic carbocycles. The summed E-state index contributed by atoms with van der Waals surface area (Å²) in [5.74, 6) is 0.688. The van der Waals surface area contributed by atoms with Crippen molar-refractivity contribution in [3.05, 3.63) is 64.7 Å². The van der Waals surface area contributed by atoms with Crippen LogP contribution in [0.3, 0.4) is 0 Å². The van der Waals surface area contributed by atoms with Crippen LogP contribution < -0.4 is 4.74 Å². The van der Waals surface area contributed by atoms with E-state index in [0.717, 1.165) is 11.1 Å². The first-order valence-corrected chi connectivity index (χ1v) is 9.28. The Bertz CT molecular complexity index is 839. The number of carbonyl (C=O) groups is 2. The summed E-state index contributed by atoms with van der Waals surface area (Å²) in [6.45, 7) is 8.22. The number of ether oxygens (including phenoxy) is 1. The minimum absolute atomic E-state index is 0.0222. The van der Waals surface area contributed by atoms with Crippen LogP contribution >= 0.6 is 0 Å². The monoisotopic (exact) mass is 366 g/mol. The van der Waals surface area contributed by atoms with Crippen molar-refractivity contribution in [2.24, 2.45) is 0 Å². The quantitative estimate of drug-likeness (QED) is 0.836. The van der Waals surface area contributed by atoms with E-state index in [1.54, 1.807) is 4.90 Å². The molecule has 1 heterocycles. The van der Waals surface area contributed by atoms with Gasteiger partial charge in [-0.05, 0) is 56.2 Å². The topological polar surface area (TPSA) is 49.9 Å². The summed E-state index contributed by atoms with van der Waals surface area (Å²) in [6.07, 6.45) is 0. The molecule has 0 unspecified atom stereocenters. The SMILES string of the molecule is Cc1cccc(C(=O)N2CCN(C(=O)COc3ccc(C)c(C)c3)CC2)c1. The van der Waals surface area contributed by atoms with Crippen LogP contribution in [0.5, 0.6) is 5.75 Å². The molecule has 2 aromatic rings. The zero-order valence-corrected chi connectivity index (χ0v) is 16.2. The van der Waals surface area contributed by atoms with Crippen LogP contribution in [0.4, 0.5) is 0 Å². The Labute approximate surface area is 160 Å². The van der Waals surface area contributed by atoms with Gasteiger partial charge in [0.05, 0.1) is 0 Å². The second-order valence-electron chi connectivity index (χ2n) is 7.08. The van der Waals surface area contributed by atoms with E-state index in [9.17, 15) is 9.59 Å². The number of hydrogen-bond donors (Lipinski definition) is 0. The number of benzene rings is 2. The number of carbonyl (C=O) groups excluding carboxylic acids is 2. The largest absolute Gasteiger partial charge is 0.484 e. The van der Waals surface area contributed by atoms with Crippen molar-refractivity contribution in [3.63, 3.8) is 0 Å². The van der Waals surface area contributed by atoms with Crippen LogP contribution in [-0.4, -0.2) is 54.4 Å². The zero-order valence-electron chi connectivity index (χ0n) is 16.2. The molecule has 5 heteroatoms. The van der Waals surface area contributed by atoms with Gasteiger partial charge in [0, 0.05) is 31.7 Å². The predicted molar refractivity (Wildman–Crippen MR) is 105 cm³/mol. The van der Waals surface area contributed by atoms with Crippen LogP contribution in [-0.2, 0) is 4.79 Å². The second-order valence-corrected chi connectivity index (χ2v) is 7.08. The third-order valence-electron chi connectivity index (χ3n) is 5.03. The highest BCUT2D eigenvalue weighted by Crippen LogP contribution is 2.17. The van der Waals surface area contributed by atoms with E-state index in [2.05, 4.69) is 0 Å². The summed E-state index contributed by atoms with van der Waals surface area (Å²) in [5.41, 5.74) is 4.11. The summed E-state index contributed by atoms with van der Waals surface area (Å²) in [4.78, 5) is 28.6. The molecule has 3 rings (SSSR count). The van der Waals surface area contributed by atoms with Gasteiger partial charge in [0.15, 0.2) is 6.61 Å². The van der Waals surface area contributed by atoms with Gasteiger partial charge in [-0.3, -0.25) is 9.59 Å². The standard InChI is InChI=1S/C22H26N2O3/c1-16-5-4-6-19(13-16)22(26)24-11-9-23(10-12-24)21(25)15-27-20-8-7-17(2)18(3)14-20/h4-8,13-14H,9-12,15H2,1-3H3. The molecule has 1 aliphatic rings. The third kappa shape index (κ3) is 4.67. The van der Waals surface area contributed by atoms with Crippen molar-refractivity contribution in [3.8, 4) is 5.75 Å². The molecule has 142 valence electrons. The molecule has 0 spiro atoms. The van der Waals surface area contributed by atoms with E-state index >= 15 is 0 Å². The van der Waals surface area contributed by atoms with Gasteiger partial charge in [0.2, 0.25) is 0 Å².